The quantitative estimate of drug-likeness (QED) is 0.756. The predicted molar refractivity (Wildman–Crippen MR) is 106 cm³/mol. The lowest BCUT2D eigenvalue weighted by atomic mass is 9.91. The molecule has 5 heterocycles. The normalized spacial score (nSPS) is 37.5. The van der Waals surface area contributed by atoms with Gasteiger partial charge in [-0.1, -0.05) is 6.07 Å². The molecule has 4 bridgehead atoms. The molecule has 5 aliphatic rings. The highest BCUT2D eigenvalue weighted by Crippen LogP contribution is 2.32. The van der Waals surface area contributed by atoms with Crippen LogP contribution in [0.15, 0.2) is 28.3 Å². The van der Waals surface area contributed by atoms with E-state index in [1.54, 1.807) is 0 Å². The van der Waals surface area contributed by atoms with Crippen molar-refractivity contribution in [2.45, 2.75) is 26.3 Å². The lowest BCUT2D eigenvalue weighted by Gasteiger charge is -2.59. The average Bonchev–Trinajstić information content (AvgIpc) is 2.89. The smallest absolute Gasteiger partial charge is 0.261 e. The van der Waals surface area contributed by atoms with Crippen molar-refractivity contribution in [2.75, 3.05) is 44.6 Å². The van der Waals surface area contributed by atoms with E-state index >= 15 is 0 Å². The Morgan fingerprint density at radius 2 is 1.67 bits per heavy atom. The van der Waals surface area contributed by atoms with E-state index in [0.29, 0.717) is 0 Å². The van der Waals surface area contributed by atoms with Crippen LogP contribution < -0.4 is 5.01 Å². The molecule has 4 saturated heterocycles. The van der Waals surface area contributed by atoms with Crippen LogP contribution >= 0.6 is 0 Å². The third-order valence-electron chi connectivity index (χ3n) is 6.17. The SMILES string of the molecule is CC1=NN(c2ccc(C)c(C)c2)C(=O)C1C=NC12CN3CN(CN(C3)C1)C2. The summed E-state index contributed by atoms with van der Waals surface area (Å²) in [6.07, 6.45) is 1.86. The highest BCUT2D eigenvalue weighted by atomic mass is 16.2. The summed E-state index contributed by atoms with van der Waals surface area (Å²) >= 11 is 0. The van der Waals surface area contributed by atoms with Gasteiger partial charge in [-0.3, -0.25) is 24.5 Å². The van der Waals surface area contributed by atoms with Gasteiger partial charge in [0.05, 0.1) is 36.9 Å². The molecule has 0 saturated carbocycles. The van der Waals surface area contributed by atoms with E-state index in [9.17, 15) is 4.79 Å². The molecule has 5 aliphatic heterocycles. The highest BCUT2D eigenvalue weighted by molar-refractivity contribution is 6.23. The van der Waals surface area contributed by atoms with Gasteiger partial charge in [-0.15, -0.1) is 0 Å². The largest absolute Gasteiger partial charge is 0.286 e. The first-order valence-electron chi connectivity index (χ1n) is 9.61. The number of aryl methyl sites for hydroxylation is 2. The van der Waals surface area contributed by atoms with Crippen LogP contribution in [-0.4, -0.2) is 77.7 Å². The Hall–Kier alpha value is -2.09. The van der Waals surface area contributed by atoms with Crippen LogP contribution in [0.2, 0.25) is 0 Å². The molecule has 7 nitrogen and oxygen atoms in total. The monoisotopic (exact) mass is 366 g/mol. The number of hydrogen-bond acceptors (Lipinski definition) is 6. The topological polar surface area (TPSA) is 54.8 Å². The fourth-order valence-electron chi connectivity index (χ4n) is 4.83. The lowest BCUT2D eigenvalue weighted by Crippen LogP contribution is -2.75. The minimum Gasteiger partial charge on any atom is -0.286 e. The molecule has 6 rings (SSSR count). The molecule has 0 aromatic heterocycles. The summed E-state index contributed by atoms with van der Waals surface area (Å²) in [5.41, 5.74) is 3.91. The van der Waals surface area contributed by atoms with E-state index in [2.05, 4.69) is 33.6 Å². The summed E-state index contributed by atoms with van der Waals surface area (Å²) in [6.45, 7) is 12.1. The number of rotatable bonds is 3. The second-order valence-corrected chi connectivity index (χ2v) is 8.55. The van der Waals surface area contributed by atoms with Gasteiger partial charge in [-0.2, -0.15) is 10.1 Å². The third-order valence-corrected chi connectivity index (χ3v) is 6.17. The molecular formula is C20H26N6O. The minimum absolute atomic E-state index is 0.00912. The fraction of sp³-hybridized carbons (Fsp3) is 0.550. The number of hydrogen-bond donors (Lipinski definition) is 0. The average molecular weight is 366 g/mol. The Balaban J connectivity index is 1.37. The van der Waals surface area contributed by atoms with E-state index < -0.39 is 0 Å². The molecule has 1 atom stereocenters. The van der Waals surface area contributed by atoms with E-state index in [1.165, 1.54) is 10.6 Å². The molecule has 0 aliphatic carbocycles. The number of carbonyl (C=O) groups excluding carboxylic acids is 1. The molecule has 4 fully saturated rings. The van der Waals surface area contributed by atoms with E-state index in [1.807, 2.05) is 31.3 Å². The summed E-state index contributed by atoms with van der Waals surface area (Å²) in [5, 5.41) is 6.07. The van der Waals surface area contributed by atoms with Crippen molar-refractivity contribution in [3.05, 3.63) is 29.3 Å². The van der Waals surface area contributed by atoms with Crippen molar-refractivity contribution in [3.8, 4) is 0 Å². The first-order valence-corrected chi connectivity index (χ1v) is 9.61. The van der Waals surface area contributed by atoms with Crippen LogP contribution in [0.4, 0.5) is 5.69 Å². The zero-order valence-electron chi connectivity index (χ0n) is 16.2. The standard InChI is InChI=1S/C20H26N6O/c1-14-4-5-17(6-15(14)2)26-19(27)18(16(3)22-26)7-21-20-8-23-11-24(9-20)13-25(10-20)12-23/h4-7,18H,8-13H2,1-3H3. The first kappa shape index (κ1) is 17.0. The zero-order chi connectivity index (χ0) is 18.8. The molecule has 1 aromatic carbocycles. The Kier molecular flexibility index (Phi) is 3.76. The summed E-state index contributed by atoms with van der Waals surface area (Å²) in [5.74, 6) is -0.371. The molecule has 0 N–H and O–H groups in total. The van der Waals surface area contributed by atoms with Crippen molar-refractivity contribution in [1.29, 1.82) is 0 Å². The van der Waals surface area contributed by atoms with Crippen molar-refractivity contribution in [2.24, 2.45) is 16.0 Å². The van der Waals surface area contributed by atoms with Crippen molar-refractivity contribution >= 4 is 23.5 Å². The predicted octanol–water partition coefficient (Wildman–Crippen LogP) is 1.27. The number of hydrazone groups is 1. The molecule has 27 heavy (non-hydrogen) atoms. The second-order valence-electron chi connectivity index (χ2n) is 8.55. The number of carbonyl (C=O) groups is 1. The van der Waals surface area contributed by atoms with Gasteiger partial charge in [0.15, 0.2) is 0 Å². The summed E-state index contributed by atoms with van der Waals surface area (Å²) < 4.78 is 0. The van der Waals surface area contributed by atoms with Crippen LogP contribution in [-0.2, 0) is 4.79 Å². The highest BCUT2D eigenvalue weighted by Gasteiger charge is 2.48. The molecule has 1 unspecified atom stereocenters. The molecule has 142 valence electrons. The molecule has 1 aromatic rings. The fourth-order valence-corrected chi connectivity index (χ4v) is 4.83. The Bertz CT molecular complexity index is 825. The zero-order valence-corrected chi connectivity index (χ0v) is 16.2. The first-order chi connectivity index (χ1) is 12.9. The molecule has 0 spiro atoms. The van der Waals surface area contributed by atoms with Gasteiger partial charge < -0.3 is 0 Å². The molecule has 7 heteroatoms. The number of benzene rings is 1. The van der Waals surface area contributed by atoms with Gasteiger partial charge in [0.1, 0.15) is 5.92 Å². The van der Waals surface area contributed by atoms with Crippen molar-refractivity contribution in [1.82, 2.24) is 14.7 Å². The molecule has 1 amide bonds. The third kappa shape index (κ3) is 2.81. The lowest BCUT2D eigenvalue weighted by molar-refractivity contribution is -0.139. The number of anilines is 1. The Morgan fingerprint density at radius 1 is 1.04 bits per heavy atom. The van der Waals surface area contributed by atoms with Gasteiger partial charge >= 0.3 is 0 Å². The summed E-state index contributed by atoms with van der Waals surface area (Å²) in [6, 6.07) is 6.02. The Labute approximate surface area is 159 Å². The van der Waals surface area contributed by atoms with E-state index in [4.69, 9.17) is 4.99 Å². The van der Waals surface area contributed by atoms with Crippen LogP contribution in [0.1, 0.15) is 18.1 Å². The number of nitrogens with zero attached hydrogens (tertiary/aromatic N) is 6. The summed E-state index contributed by atoms with van der Waals surface area (Å²) in [4.78, 5) is 25.3. The van der Waals surface area contributed by atoms with E-state index in [0.717, 1.165) is 56.6 Å². The second kappa shape index (κ2) is 5.95. The van der Waals surface area contributed by atoms with Crippen LogP contribution in [0.25, 0.3) is 0 Å². The number of aliphatic imine (C=N–C) groups is 1. The maximum Gasteiger partial charge on any atom is 0.261 e. The van der Waals surface area contributed by atoms with Crippen molar-refractivity contribution < 1.29 is 4.79 Å². The van der Waals surface area contributed by atoms with Crippen molar-refractivity contribution in [3.63, 3.8) is 0 Å². The molecular weight excluding hydrogens is 340 g/mol. The number of amides is 1. The van der Waals surface area contributed by atoms with Gasteiger partial charge in [0, 0.05) is 25.8 Å². The van der Waals surface area contributed by atoms with Gasteiger partial charge in [-0.05, 0) is 44.0 Å². The minimum atomic E-state index is -0.361. The van der Waals surface area contributed by atoms with Crippen LogP contribution in [0.3, 0.4) is 0 Å². The summed E-state index contributed by atoms with van der Waals surface area (Å²) in [7, 11) is 0. The Morgan fingerprint density at radius 3 is 2.26 bits per heavy atom. The van der Waals surface area contributed by atoms with Crippen LogP contribution in [0, 0.1) is 19.8 Å². The van der Waals surface area contributed by atoms with E-state index in [-0.39, 0.29) is 17.4 Å². The van der Waals surface area contributed by atoms with Gasteiger partial charge in [0.25, 0.3) is 5.91 Å². The maximum absolute atomic E-state index is 13.0. The van der Waals surface area contributed by atoms with Gasteiger partial charge in [-0.25, -0.2) is 0 Å². The molecule has 0 radical (unpaired) electrons. The maximum atomic E-state index is 13.0. The van der Waals surface area contributed by atoms with Gasteiger partial charge in [0.2, 0.25) is 0 Å². The van der Waals surface area contributed by atoms with Crippen LogP contribution in [0.5, 0.6) is 0 Å².